The van der Waals surface area contributed by atoms with E-state index in [1.54, 1.807) is 36.4 Å². The molecule has 0 aromatic heterocycles. The normalized spacial score (nSPS) is 10.9. The molecular formula is C15H9FO2. The number of carbonyl (C=O) groups is 1. The molecule has 0 fully saturated rings. The zero-order valence-corrected chi connectivity index (χ0v) is 9.35. The Morgan fingerprint density at radius 3 is 2.44 bits per heavy atom. The number of hydrogen-bond acceptors (Lipinski definition) is 1. The van der Waals surface area contributed by atoms with E-state index in [4.69, 9.17) is 0 Å². The van der Waals surface area contributed by atoms with Gasteiger partial charge in [0.1, 0.15) is 5.82 Å². The van der Waals surface area contributed by atoms with E-state index in [1.807, 2.05) is 0 Å². The first-order chi connectivity index (χ1) is 8.68. The van der Waals surface area contributed by atoms with Crippen LogP contribution in [0.15, 0.2) is 48.5 Å². The van der Waals surface area contributed by atoms with Crippen LogP contribution in [0.5, 0.6) is 0 Å². The van der Waals surface area contributed by atoms with Crippen LogP contribution in [0.2, 0.25) is 0 Å². The van der Waals surface area contributed by atoms with Gasteiger partial charge in [0.25, 0.3) is 0 Å². The molecule has 18 heavy (non-hydrogen) atoms. The van der Waals surface area contributed by atoms with Crippen molar-refractivity contribution in [2.24, 2.45) is 0 Å². The first-order valence-electron chi connectivity index (χ1n) is 5.52. The molecule has 0 bridgehead atoms. The monoisotopic (exact) mass is 240 g/mol. The smallest absolute Gasteiger partial charge is 0.336 e. The van der Waals surface area contributed by atoms with Gasteiger partial charge >= 0.3 is 5.97 Å². The van der Waals surface area contributed by atoms with Gasteiger partial charge < -0.3 is 5.11 Å². The zero-order valence-electron chi connectivity index (χ0n) is 9.35. The molecule has 0 aliphatic heterocycles. The summed E-state index contributed by atoms with van der Waals surface area (Å²) >= 11 is 0. The fraction of sp³-hybridized carbons (Fsp3) is 0. The number of rotatable bonds is 1. The standard InChI is InChI=1S/C15H9FO2/c16-13-7-3-6-11-12(13)8-9-4-1-2-5-10(9)14(11)15(17)18/h1-8H,(H,17,18). The lowest BCUT2D eigenvalue weighted by molar-refractivity contribution is 0.0701. The van der Waals surface area contributed by atoms with Crippen LogP contribution in [0.3, 0.4) is 0 Å². The Morgan fingerprint density at radius 1 is 0.944 bits per heavy atom. The van der Waals surface area contributed by atoms with Crippen molar-refractivity contribution in [2.75, 3.05) is 0 Å². The molecule has 2 nitrogen and oxygen atoms in total. The minimum Gasteiger partial charge on any atom is -0.478 e. The van der Waals surface area contributed by atoms with Gasteiger partial charge in [-0.2, -0.15) is 0 Å². The molecule has 0 amide bonds. The number of carboxylic acids is 1. The summed E-state index contributed by atoms with van der Waals surface area (Å²) in [7, 11) is 0. The van der Waals surface area contributed by atoms with E-state index in [1.165, 1.54) is 12.1 Å². The van der Waals surface area contributed by atoms with Crippen LogP contribution in [0.1, 0.15) is 10.4 Å². The summed E-state index contributed by atoms with van der Waals surface area (Å²) in [5, 5.41) is 11.5. The maximum atomic E-state index is 13.8. The van der Waals surface area contributed by atoms with Crippen LogP contribution in [0.4, 0.5) is 4.39 Å². The second-order valence-corrected chi connectivity index (χ2v) is 4.11. The van der Waals surface area contributed by atoms with Gasteiger partial charge in [-0.05, 0) is 28.3 Å². The largest absolute Gasteiger partial charge is 0.478 e. The predicted molar refractivity (Wildman–Crippen MR) is 68.4 cm³/mol. The van der Waals surface area contributed by atoms with Crippen molar-refractivity contribution >= 4 is 27.5 Å². The molecule has 88 valence electrons. The van der Waals surface area contributed by atoms with Gasteiger partial charge in [0.05, 0.1) is 5.56 Å². The van der Waals surface area contributed by atoms with E-state index in [-0.39, 0.29) is 5.56 Å². The van der Waals surface area contributed by atoms with Gasteiger partial charge in [0.15, 0.2) is 0 Å². The fourth-order valence-corrected chi connectivity index (χ4v) is 2.28. The highest BCUT2D eigenvalue weighted by Crippen LogP contribution is 2.29. The number of halogens is 1. The van der Waals surface area contributed by atoms with Gasteiger partial charge in [-0.3, -0.25) is 0 Å². The van der Waals surface area contributed by atoms with Gasteiger partial charge in [0.2, 0.25) is 0 Å². The van der Waals surface area contributed by atoms with Crippen LogP contribution in [-0.2, 0) is 0 Å². The quantitative estimate of drug-likeness (QED) is 0.656. The van der Waals surface area contributed by atoms with Gasteiger partial charge in [-0.15, -0.1) is 0 Å². The molecule has 0 aliphatic rings. The summed E-state index contributed by atoms with van der Waals surface area (Å²) in [5.74, 6) is -1.44. The number of fused-ring (bicyclic) bond motifs is 2. The molecular weight excluding hydrogens is 231 g/mol. The van der Waals surface area contributed by atoms with E-state index >= 15 is 0 Å². The SMILES string of the molecule is O=C(O)c1c2ccccc2cc2c(F)cccc12. The zero-order chi connectivity index (χ0) is 12.7. The highest BCUT2D eigenvalue weighted by Gasteiger charge is 2.15. The highest BCUT2D eigenvalue weighted by molar-refractivity contribution is 6.16. The maximum absolute atomic E-state index is 13.8. The van der Waals surface area contributed by atoms with E-state index in [9.17, 15) is 14.3 Å². The Labute approximate surface area is 102 Å². The summed E-state index contributed by atoms with van der Waals surface area (Å²) in [4.78, 5) is 11.4. The van der Waals surface area contributed by atoms with Crippen LogP contribution in [0, 0.1) is 5.82 Å². The summed E-state index contributed by atoms with van der Waals surface area (Å²) in [6, 6.07) is 13.3. The molecule has 0 atom stereocenters. The van der Waals surface area contributed by atoms with Crippen molar-refractivity contribution in [1.82, 2.24) is 0 Å². The molecule has 0 heterocycles. The molecule has 0 spiro atoms. The average Bonchev–Trinajstić information content (AvgIpc) is 2.36. The van der Waals surface area contributed by atoms with Crippen molar-refractivity contribution in [3.8, 4) is 0 Å². The maximum Gasteiger partial charge on any atom is 0.336 e. The van der Waals surface area contributed by atoms with Gasteiger partial charge in [0, 0.05) is 5.39 Å². The minimum atomic E-state index is -1.04. The summed E-state index contributed by atoms with van der Waals surface area (Å²) < 4.78 is 13.8. The Bertz CT molecular complexity index is 778. The van der Waals surface area contributed by atoms with Crippen molar-refractivity contribution < 1.29 is 14.3 Å². The summed E-state index contributed by atoms with van der Waals surface area (Å²) in [6.07, 6.45) is 0. The molecule has 0 aliphatic carbocycles. The Kier molecular flexibility index (Phi) is 2.27. The highest BCUT2D eigenvalue weighted by atomic mass is 19.1. The molecule has 0 radical (unpaired) electrons. The second-order valence-electron chi connectivity index (χ2n) is 4.11. The van der Waals surface area contributed by atoms with Crippen molar-refractivity contribution in [2.45, 2.75) is 0 Å². The van der Waals surface area contributed by atoms with Gasteiger partial charge in [-0.25, -0.2) is 9.18 Å². The lowest BCUT2D eigenvalue weighted by Gasteiger charge is -2.08. The molecule has 3 aromatic rings. The Morgan fingerprint density at radius 2 is 1.67 bits per heavy atom. The lowest BCUT2D eigenvalue weighted by Crippen LogP contribution is -1.99. The molecule has 0 unspecified atom stereocenters. The third-order valence-electron chi connectivity index (χ3n) is 3.07. The van der Waals surface area contributed by atoms with Crippen molar-refractivity contribution in [3.05, 3.63) is 59.9 Å². The van der Waals surface area contributed by atoms with E-state index in [0.29, 0.717) is 16.2 Å². The number of benzene rings is 3. The lowest BCUT2D eigenvalue weighted by atomic mass is 9.96. The summed E-state index contributed by atoms with van der Waals surface area (Å²) in [6.45, 7) is 0. The van der Waals surface area contributed by atoms with E-state index in [0.717, 1.165) is 5.39 Å². The van der Waals surface area contributed by atoms with E-state index in [2.05, 4.69) is 0 Å². The van der Waals surface area contributed by atoms with Crippen molar-refractivity contribution in [1.29, 1.82) is 0 Å². The number of carboxylic acid groups (broad SMARTS) is 1. The molecule has 1 N–H and O–H groups in total. The summed E-state index contributed by atoms with van der Waals surface area (Å²) in [5.41, 5.74) is 0.155. The third kappa shape index (κ3) is 1.44. The molecule has 3 aromatic carbocycles. The molecule has 3 rings (SSSR count). The van der Waals surface area contributed by atoms with Crippen LogP contribution in [0.25, 0.3) is 21.5 Å². The van der Waals surface area contributed by atoms with E-state index < -0.39 is 11.8 Å². The minimum absolute atomic E-state index is 0.155. The van der Waals surface area contributed by atoms with Crippen molar-refractivity contribution in [3.63, 3.8) is 0 Å². The first-order valence-corrected chi connectivity index (χ1v) is 5.52. The van der Waals surface area contributed by atoms with Crippen LogP contribution < -0.4 is 0 Å². The number of aromatic carboxylic acids is 1. The predicted octanol–water partition coefficient (Wildman–Crippen LogP) is 3.83. The third-order valence-corrected chi connectivity index (χ3v) is 3.07. The molecule has 0 saturated carbocycles. The molecule has 0 saturated heterocycles. The second kappa shape index (κ2) is 3.81. The van der Waals surface area contributed by atoms with Gasteiger partial charge in [-0.1, -0.05) is 36.4 Å². The average molecular weight is 240 g/mol. The topological polar surface area (TPSA) is 37.3 Å². The first kappa shape index (κ1) is 10.7. The molecule has 3 heteroatoms. The Balaban J connectivity index is 2.63. The fourth-order valence-electron chi connectivity index (χ4n) is 2.28. The Hall–Kier alpha value is -2.42. The van der Waals surface area contributed by atoms with Crippen LogP contribution >= 0.6 is 0 Å². The number of hydrogen-bond donors (Lipinski definition) is 1. The van der Waals surface area contributed by atoms with Crippen LogP contribution in [-0.4, -0.2) is 11.1 Å².